The number of ether oxygens (including phenoxy) is 1. The minimum Gasteiger partial charge on any atom is -0.497 e. The van der Waals surface area contributed by atoms with E-state index in [4.69, 9.17) is 16.3 Å². The number of halogens is 1. The Morgan fingerprint density at radius 1 is 1.17 bits per heavy atom. The first-order valence-corrected chi connectivity index (χ1v) is 5.84. The van der Waals surface area contributed by atoms with E-state index in [1.165, 1.54) is 0 Å². The van der Waals surface area contributed by atoms with Crippen LogP contribution in [0, 0.1) is 0 Å². The minimum absolute atomic E-state index is 0.677. The van der Waals surface area contributed by atoms with Crippen molar-refractivity contribution in [1.29, 1.82) is 0 Å². The van der Waals surface area contributed by atoms with Crippen molar-refractivity contribution >= 4 is 23.5 Å². The molecule has 2 rings (SSSR count). The maximum Gasteiger partial charge on any atom is 0.119 e. The van der Waals surface area contributed by atoms with Crippen LogP contribution in [0.3, 0.4) is 0 Å². The lowest BCUT2D eigenvalue weighted by Gasteiger charge is -2.01. The largest absolute Gasteiger partial charge is 0.497 e. The Kier molecular flexibility index (Phi) is 4.20. The fourth-order valence-electron chi connectivity index (χ4n) is 1.46. The zero-order valence-corrected chi connectivity index (χ0v) is 10.7. The van der Waals surface area contributed by atoms with Gasteiger partial charge in [0.1, 0.15) is 5.75 Å². The van der Waals surface area contributed by atoms with Crippen LogP contribution in [0.25, 0.3) is 0 Å². The molecule has 0 saturated heterocycles. The lowest BCUT2D eigenvalue weighted by atomic mass is 10.2. The van der Waals surface area contributed by atoms with E-state index in [1.807, 2.05) is 48.5 Å². The van der Waals surface area contributed by atoms with Crippen LogP contribution in [0.15, 0.2) is 53.6 Å². The quantitative estimate of drug-likeness (QED) is 0.670. The van der Waals surface area contributed by atoms with E-state index in [1.54, 1.807) is 13.3 Å². The molecule has 0 amide bonds. The first-order valence-electron chi connectivity index (χ1n) is 5.46. The summed E-state index contributed by atoms with van der Waals surface area (Å²) in [4.78, 5) is 0. The third-order valence-corrected chi connectivity index (χ3v) is 2.56. The Hall–Kier alpha value is -2.00. The SMILES string of the molecule is COc1cccc(/C=N/Nc2cccc(Cl)c2)c1. The number of methoxy groups -OCH3 is 1. The molecular weight excluding hydrogens is 248 g/mol. The van der Waals surface area contributed by atoms with Crippen LogP contribution >= 0.6 is 11.6 Å². The van der Waals surface area contributed by atoms with Crippen molar-refractivity contribution in [2.45, 2.75) is 0 Å². The molecule has 0 aliphatic rings. The molecule has 0 aromatic heterocycles. The zero-order chi connectivity index (χ0) is 12.8. The van der Waals surface area contributed by atoms with Crippen LogP contribution in [0.2, 0.25) is 5.02 Å². The third-order valence-electron chi connectivity index (χ3n) is 2.33. The van der Waals surface area contributed by atoms with Gasteiger partial charge in [-0.3, -0.25) is 5.43 Å². The average molecular weight is 261 g/mol. The number of hydrogen-bond donors (Lipinski definition) is 1. The molecular formula is C14H13ClN2O. The van der Waals surface area contributed by atoms with Gasteiger partial charge in [-0.2, -0.15) is 5.10 Å². The molecule has 2 aromatic rings. The van der Waals surface area contributed by atoms with Crippen LogP contribution in [0.5, 0.6) is 5.75 Å². The monoisotopic (exact) mass is 260 g/mol. The van der Waals surface area contributed by atoms with E-state index in [0.717, 1.165) is 17.0 Å². The highest BCUT2D eigenvalue weighted by Gasteiger charge is 1.93. The highest BCUT2D eigenvalue weighted by Crippen LogP contribution is 2.15. The number of hydrogen-bond acceptors (Lipinski definition) is 3. The Bertz CT molecular complexity index is 555. The van der Waals surface area contributed by atoms with Gasteiger partial charge in [-0.25, -0.2) is 0 Å². The van der Waals surface area contributed by atoms with Gasteiger partial charge in [-0.15, -0.1) is 0 Å². The molecule has 0 heterocycles. The maximum absolute atomic E-state index is 5.87. The lowest BCUT2D eigenvalue weighted by Crippen LogP contribution is -1.91. The molecule has 0 radical (unpaired) electrons. The van der Waals surface area contributed by atoms with Crippen molar-refractivity contribution in [3.8, 4) is 5.75 Å². The molecule has 0 saturated carbocycles. The van der Waals surface area contributed by atoms with Gasteiger partial charge in [0.05, 0.1) is 19.0 Å². The minimum atomic E-state index is 0.677. The van der Waals surface area contributed by atoms with Gasteiger partial charge in [0.15, 0.2) is 0 Å². The fourth-order valence-corrected chi connectivity index (χ4v) is 1.65. The second-order valence-electron chi connectivity index (χ2n) is 3.66. The summed E-state index contributed by atoms with van der Waals surface area (Å²) < 4.78 is 5.14. The maximum atomic E-state index is 5.87. The Morgan fingerprint density at radius 3 is 2.78 bits per heavy atom. The van der Waals surface area contributed by atoms with E-state index in [0.29, 0.717) is 5.02 Å². The van der Waals surface area contributed by atoms with Gasteiger partial charge in [0.2, 0.25) is 0 Å². The van der Waals surface area contributed by atoms with Crippen LogP contribution < -0.4 is 10.2 Å². The van der Waals surface area contributed by atoms with Gasteiger partial charge in [-0.1, -0.05) is 29.8 Å². The number of anilines is 1. The summed E-state index contributed by atoms with van der Waals surface area (Å²) >= 11 is 5.87. The summed E-state index contributed by atoms with van der Waals surface area (Å²) in [5, 5.41) is 4.82. The molecule has 3 nitrogen and oxygen atoms in total. The first kappa shape index (κ1) is 12.5. The zero-order valence-electron chi connectivity index (χ0n) is 9.93. The van der Waals surface area contributed by atoms with Gasteiger partial charge in [-0.05, 0) is 35.9 Å². The number of hydrazone groups is 1. The van der Waals surface area contributed by atoms with Gasteiger partial charge < -0.3 is 4.74 Å². The van der Waals surface area contributed by atoms with E-state index in [9.17, 15) is 0 Å². The first-order chi connectivity index (χ1) is 8.78. The van der Waals surface area contributed by atoms with Gasteiger partial charge in [0, 0.05) is 5.02 Å². The number of rotatable bonds is 4. The summed E-state index contributed by atoms with van der Waals surface area (Å²) in [7, 11) is 1.64. The molecule has 0 atom stereocenters. The normalized spacial score (nSPS) is 10.6. The van der Waals surface area contributed by atoms with Crippen LogP contribution in [-0.4, -0.2) is 13.3 Å². The predicted octanol–water partition coefficient (Wildman–Crippen LogP) is 3.79. The van der Waals surface area contributed by atoms with Crippen molar-refractivity contribution in [2.75, 3.05) is 12.5 Å². The topological polar surface area (TPSA) is 33.6 Å². The average Bonchev–Trinajstić information content (AvgIpc) is 2.39. The standard InChI is InChI=1S/C14H13ClN2O/c1-18-14-7-2-4-11(8-14)10-16-17-13-6-3-5-12(15)9-13/h2-10,17H,1H3/b16-10+. The molecule has 0 unspecified atom stereocenters. The van der Waals surface area contributed by atoms with E-state index >= 15 is 0 Å². The van der Waals surface area contributed by atoms with E-state index < -0.39 is 0 Å². The molecule has 0 fully saturated rings. The van der Waals surface area contributed by atoms with Gasteiger partial charge >= 0.3 is 0 Å². The van der Waals surface area contributed by atoms with Crippen molar-refractivity contribution in [3.63, 3.8) is 0 Å². The summed E-state index contributed by atoms with van der Waals surface area (Å²) in [6.07, 6.45) is 1.73. The molecule has 0 spiro atoms. The molecule has 18 heavy (non-hydrogen) atoms. The Balaban J connectivity index is 2.02. The molecule has 4 heteroatoms. The van der Waals surface area contributed by atoms with Crippen LogP contribution in [-0.2, 0) is 0 Å². The van der Waals surface area contributed by atoms with Crippen molar-refractivity contribution < 1.29 is 4.74 Å². The Morgan fingerprint density at radius 2 is 2.00 bits per heavy atom. The molecule has 0 aliphatic carbocycles. The van der Waals surface area contributed by atoms with Crippen LogP contribution in [0.4, 0.5) is 5.69 Å². The molecule has 0 bridgehead atoms. The second-order valence-corrected chi connectivity index (χ2v) is 4.09. The highest BCUT2D eigenvalue weighted by atomic mass is 35.5. The molecule has 0 aliphatic heterocycles. The van der Waals surface area contributed by atoms with E-state index in [2.05, 4.69) is 10.5 Å². The van der Waals surface area contributed by atoms with Gasteiger partial charge in [0.25, 0.3) is 0 Å². The summed E-state index contributed by atoms with van der Waals surface area (Å²) in [6, 6.07) is 15.1. The van der Waals surface area contributed by atoms with Crippen LogP contribution in [0.1, 0.15) is 5.56 Å². The smallest absolute Gasteiger partial charge is 0.119 e. The summed E-state index contributed by atoms with van der Waals surface area (Å²) in [5.41, 5.74) is 4.73. The number of nitrogens with one attached hydrogen (secondary N) is 1. The van der Waals surface area contributed by atoms with Crippen molar-refractivity contribution in [1.82, 2.24) is 0 Å². The molecule has 1 N–H and O–H groups in total. The van der Waals surface area contributed by atoms with Crippen molar-refractivity contribution in [2.24, 2.45) is 5.10 Å². The highest BCUT2D eigenvalue weighted by molar-refractivity contribution is 6.30. The third kappa shape index (κ3) is 3.50. The Labute approximate surface area is 111 Å². The number of benzene rings is 2. The molecule has 92 valence electrons. The van der Waals surface area contributed by atoms with E-state index in [-0.39, 0.29) is 0 Å². The summed E-state index contributed by atoms with van der Waals surface area (Å²) in [6.45, 7) is 0. The molecule has 2 aromatic carbocycles. The summed E-state index contributed by atoms with van der Waals surface area (Å²) in [5.74, 6) is 0.807. The second kappa shape index (κ2) is 6.07. The van der Waals surface area contributed by atoms with Crippen molar-refractivity contribution in [3.05, 3.63) is 59.1 Å². The lowest BCUT2D eigenvalue weighted by molar-refractivity contribution is 0.415. The predicted molar refractivity (Wildman–Crippen MR) is 75.7 cm³/mol. The number of nitrogens with zero attached hydrogens (tertiary/aromatic N) is 1. The fraction of sp³-hybridized carbons (Fsp3) is 0.0714.